The lowest BCUT2D eigenvalue weighted by Crippen LogP contribution is -2.23. The highest BCUT2D eigenvalue weighted by molar-refractivity contribution is 5.94. The fraction of sp³-hybridized carbons (Fsp3) is 0.381. The van der Waals surface area contributed by atoms with Gasteiger partial charge < -0.3 is 10.1 Å². The Morgan fingerprint density at radius 2 is 1.84 bits per heavy atom. The van der Waals surface area contributed by atoms with Crippen molar-refractivity contribution in [3.63, 3.8) is 0 Å². The molecule has 0 aromatic heterocycles. The molecule has 2 aromatic rings. The first-order valence-electron chi connectivity index (χ1n) is 9.06. The largest absolute Gasteiger partial charge is 0.494 e. The zero-order valence-corrected chi connectivity index (χ0v) is 14.8. The van der Waals surface area contributed by atoms with Crippen LogP contribution in [0.25, 0.3) is 0 Å². The van der Waals surface area contributed by atoms with Gasteiger partial charge in [-0.25, -0.2) is 0 Å². The van der Waals surface area contributed by atoms with Crippen LogP contribution in [0.2, 0.25) is 0 Å². The van der Waals surface area contributed by atoms with E-state index in [0.29, 0.717) is 18.7 Å². The van der Waals surface area contributed by atoms with Crippen molar-refractivity contribution in [1.29, 1.82) is 0 Å². The van der Waals surface area contributed by atoms with Gasteiger partial charge in [-0.3, -0.25) is 9.69 Å². The van der Waals surface area contributed by atoms with E-state index in [1.165, 1.54) is 31.5 Å². The van der Waals surface area contributed by atoms with Crippen LogP contribution < -0.4 is 10.1 Å². The van der Waals surface area contributed by atoms with E-state index in [4.69, 9.17) is 4.74 Å². The molecule has 0 radical (unpaired) electrons. The summed E-state index contributed by atoms with van der Waals surface area (Å²) >= 11 is 0. The van der Waals surface area contributed by atoms with E-state index in [-0.39, 0.29) is 5.91 Å². The van der Waals surface area contributed by atoms with Gasteiger partial charge in [0.25, 0.3) is 5.91 Å². The van der Waals surface area contributed by atoms with Gasteiger partial charge in [0.2, 0.25) is 0 Å². The summed E-state index contributed by atoms with van der Waals surface area (Å²) in [7, 11) is 0. The van der Waals surface area contributed by atoms with Crippen molar-refractivity contribution in [2.24, 2.45) is 0 Å². The second-order valence-electron chi connectivity index (χ2n) is 6.44. The van der Waals surface area contributed by atoms with Crippen LogP contribution in [0.1, 0.15) is 41.3 Å². The van der Waals surface area contributed by atoms with Gasteiger partial charge in [0, 0.05) is 18.7 Å². The van der Waals surface area contributed by atoms with Gasteiger partial charge in [0.05, 0.1) is 6.61 Å². The number of carbonyl (C=O) groups excluding carboxylic acids is 1. The van der Waals surface area contributed by atoms with Crippen molar-refractivity contribution in [2.75, 3.05) is 19.7 Å². The minimum Gasteiger partial charge on any atom is -0.494 e. The Balaban J connectivity index is 1.53. The number of amides is 1. The molecule has 25 heavy (non-hydrogen) atoms. The number of likely N-dealkylation sites (tertiary alicyclic amines) is 1. The molecule has 1 amide bonds. The summed E-state index contributed by atoms with van der Waals surface area (Å²) in [6, 6.07) is 15.8. The quantitative estimate of drug-likeness (QED) is 0.838. The molecule has 1 saturated heterocycles. The van der Waals surface area contributed by atoms with Crippen LogP contribution in [0, 0.1) is 0 Å². The third-order valence-electron chi connectivity index (χ3n) is 4.48. The number of hydrogen-bond donors (Lipinski definition) is 1. The molecule has 0 saturated carbocycles. The van der Waals surface area contributed by atoms with Crippen molar-refractivity contribution in [3.05, 3.63) is 65.2 Å². The molecule has 1 fully saturated rings. The van der Waals surface area contributed by atoms with Gasteiger partial charge in [-0.2, -0.15) is 0 Å². The third kappa shape index (κ3) is 5.07. The van der Waals surface area contributed by atoms with E-state index in [1.807, 2.05) is 43.3 Å². The first kappa shape index (κ1) is 17.5. The van der Waals surface area contributed by atoms with Gasteiger partial charge in [-0.05, 0) is 68.2 Å². The van der Waals surface area contributed by atoms with E-state index >= 15 is 0 Å². The van der Waals surface area contributed by atoms with E-state index < -0.39 is 0 Å². The summed E-state index contributed by atoms with van der Waals surface area (Å²) in [5.41, 5.74) is 3.00. The average Bonchev–Trinajstić information content (AvgIpc) is 3.14. The molecule has 1 aliphatic rings. The number of carbonyl (C=O) groups is 1. The summed E-state index contributed by atoms with van der Waals surface area (Å²) in [4.78, 5) is 14.8. The number of ether oxygens (including phenoxy) is 1. The molecule has 2 aromatic carbocycles. The number of nitrogens with zero attached hydrogens (tertiary/aromatic N) is 1. The number of nitrogens with one attached hydrogen (secondary N) is 1. The van der Waals surface area contributed by atoms with Crippen LogP contribution in [0.3, 0.4) is 0 Å². The monoisotopic (exact) mass is 338 g/mol. The molecule has 1 aliphatic heterocycles. The average molecular weight is 338 g/mol. The molecule has 3 rings (SSSR count). The Bertz CT molecular complexity index is 691. The molecule has 1 heterocycles. The highest BCUT2D eigenvalue weighted by atomic mass is 16.5. The van der Waals surface area contributed by atoms with Crippen LogP contribution in [-0.4, -0.2) is 30.5 Å². The molecular formula is C21H26N2O2. The normalized spacial score (nSPS) is 14.4. The first-order chi connectivity index (χ1) is 12.2. The topological polar surface area (TPSA) is 41.6 Å². The molecule has 0 aliphatic carbocycles. The second kappa shape index (κ2) is 8.67. The van der Waals surface area contributed by atoms with E-state index in [2.05, 4.69) is 22.3 Å². The number of benzene rings is 2. The lowest BCUT2D eigenvalue weighted by atomic mass is 10.1. The summed E-state index contributed by atoms with van der Waals surface area (Å²) < 4.78 is 5.49. The van der Waals surface area contributed by atoms with Crippen LogP contribution in [0.5, 0.6) is 5.75 Å². The van der Waals surface area contributed by atoms with Crippen molar-refractivity contribution < 1.29 is 9.53 Å². The maximum atomic E-state index is 12.3. The summed E-state index contributed by atoms with van der Waals surface area (Å²) in [6.07, 6.45) is 2.59. The maximum Gasteiger partial charge on any atom is 0.251 e. The van der Waals surface area contributed by atoms with E-state index in [9.17, 15) is 4.79 Å². The summed E-state index contributed by atoms with van der Waals surface area (Å²) in [5.74, 6) is 0.787. The highest BCUT2D eigenvalue weighted by Crippen LogP contribution is 2.15. The molecule has 0 unspecified atom stereocenters. The molecule has 0 bridgehead atoms. The lowest BCUT2D eigenvalue weighted by molar-refractivity contribution is 0.0951. The van der Waals surface area contributed by atoms with Gasteiger partial charge in [-0.15, -0.1) is 0 Å². The van der Waals surface area contributed by atoms with Crippen LogP contribution in [0.4, 0.5) is 0 Å². The molecule has 1 N–H and O–H groups in total. The van der Waals surface area contributed by atoms with Crippen LogP contribution in [-0.2, 0) is 13.1 Å². The van der Waals surface area contributed by atoms with Crippen molar-refractivity contribution in [3.8, 4) is 5.75 Å². The van der Waals surface area contributed by atoms with Gasteiger partial charge >= 0.3 is 0 Å². The molecule has 4 heteroatoms. The number of rotatable bonds is 7. The van der Waals surface area contributed by atoms with Gasteiger partial charge in [0.15, 0.2) is 0 Å². The van der Waals surface area contributed by atoms with Crippen molar-refractivity contribution in [1.82, 2.24) is 10.2 Å². The Labute approximate surface area is 149 Å². The Kier molecular flexibility index (Phi) is 6.07. The lowest BCUT2D eigenvalue weighted by Gasteiger charge is -2.14. The standard InChI is InChI=1S/C21H26N2O2/c1-2-25-20-7-5-6-18(14-20)15-22-21(24)19-10-8-17(9-11-19)16-23-12-3-4-13-23/h5-11,14H,2-4,12-13,15-16H2,1H3,(H,22,24). The van der Waals surface area contributed by atoms with E-state index in [0.717, 1.165) is 17.9 Å². The highest BCUT2D eigenvalue weighted by Gasteiger charge is 2.12. The smallest absolute Gasteiger partial charge is 0.251 e. The molecule has 0 atom stereocenters. The van der Waals surface area contributed by atoms with Gasteiger partial charge in [-0.1, -0.05) is 24.3 Å². The predicted octanol–water partition coefficient (Wildman–Crippen LogP) is 3.61. The fourth-order valence-electron chi connectivity index (χ4n) is 3.16. The Morgan fingerprint density at radius 3 is 2.56 bits per heavy atom. The second-order valence-corrected chi connectivity index (χ2v) is 6.44. The molecular weight excluding hydrogens is 312 g/mol. The SMILES string of the molecule is CCOc1cccc(CNC(=O)c2ccc(CN3CCCC3)cc2)c1. The minimum atomic E-state index is -0.0467. The van der Waals surface area contributed by atoms with Crippen LogP contribution in [0.15, 0.2) is 48.5 Å². The van der Waals surface area contributed by atoms with E-state index in [1.54, 1.807) is 0 Å². The predicted molar refractivity (Wildman–Crippen MR) is 99.7 cm³/mol. The van der Waals surface area contributed by atoms with Crippen molar-refractivity contribution in [2.45, 2.75) is 32.9 Å². The van der Waals surface area contributed by atoms with Crippen LogP contribution >= 0.6 is 0 Å². The zero-order valence-electron chi connectivity index (χ0n) is 14.8. The fourth-order valence-corrected chi connectivity index (χ4v) is 3.16. The summed E-state index contributed by atoms with van der Waals surface area (Å²) in [6.45, 7) is 6.44. The minimum absolute atomic E-state index is 0.0467. The maximum absolute atomic E-state index is 12.3. The molecule has 4 nitrogen and oxygen atoms in total. The van der Waals surface area contributed by atoms with Crippen molar-refractivity contribution >= 4 is 5.91 Å². The Hall–Kier alpha value is -2.33. The van der Waals surface area contributed by atoms with Gasteiger partial charge in [0.1, 0.15) is 5.75 Å². The summed E-state index contributed by atoms with van der Waals surface area (Å²) in [5, 5.41) is 2.97. The number of hydrogen-bond acceptors (Lipinski definition) is 3. The molecule has 132 valence electrons. The Morgan fingerprint density at radius 1 is 1.08 bits per heavy atom. The molecule has 0 spiro atoms. The third-order valence-corrected chi connectivity index (χ3v) is 4.48. The first-order valence-corrected chi connectivity index (χ1v) is 9.06. The zero-order chi connectivity index (χ0) is 17.5.